The number of carbonyl (C=O) groups is 1. The summed E-state index contributed by atoms with van der Waals surface area (Å²) in [4.78, 5) is 11.4. The highest BCUT2D eigenvalue weighted by Crippen LogP contribution is 2.22. The first-order valence-electron chi connectivity index (χ1n) is 4.05. The van der Waals surface area contributed by atoms with Gasteiger partial charge >= 0.3 is 0 Å². The summed E-state index contributed by atoms with van der Waals surface area (Å²) in [6.45, 7) is 1.85. The summed E-state index contributed by atoms with van der Waals surface area (Å²) in [7, 11) is 1.58. The molecule has 0 atom stereocenters. The first kappa shape index (κ1) is 10.5. The van der Waals surface area contributed by atoms with Gasteiger partial charge in [0.1, 0.15) is 5.75 Å². The second-order valence-corrected chi connectivity index (χ2v) is 3.87. The minimum atomic E-state index is 0.119. The number of hydrogen-bond acceptors (Lipinski definition) is 2. The third kappa shape index (κ3) is 2.43. The summed E-state index contributed by atoms with van der Waals surface area (Å²) in [6, 6.07) is 5.59. The highest BCUT2D eigenvalue weighted by atomic mass is 127. The predicted molar refractivity (Wildman–Crippen MR) is 60.3 cm³/mol. The third-order valence-corrected chi connectivity index (χ3v) is 2.46. The third-order valence-electron chi connectivity index (χ3n) is 1.79. The summed E-state index contributed by atoms with van der Waals surface area (Å²) in [6.07, 6.45) is 0.511. The Balaban J connectivity index is 3.13. The Morgan fingerprint density at radius 3 is 2.77 bits per heavy atom. The Morgan fingerprint density at radius 2 is 2.23 bits per heavy atom. The smallest absolute Gasteiger partial charge is 0.166 e. The van der Waals surface area contributed by atoms with Crippen molar-refractivity contribution in [3.63, 3.8) is 0 Å². The molecule has 1 aromatic rings. The molecule has 70 valence electrons. The second kappa shape index (κ2) is 4.60. The molecule has 3 heteroatoms. The van der Waals surface area contributed by atoms with Gasteiger partial charge < -0.3 is 4.74 Å². The first-order valence-corrected chi connectivity index (χ1v) is 5.13. The van der Waals surface area contributed by atoms with E-state index in [0.29, 0.717) is 17.7 Å². The minimum absolute atomic E-state index is 0.119. The van der Waals surface area contributed by atoms with Crippen LogP contribution in [0.5, 0.6) is 5.75 Å². The molecule has 1 aromatic carbocycles. The topological polar surface area (TPSA) is 26.3 Å². The molecular formula is C10H11IO2. The molecule has 0 saturated carbocycles. The molecular weight excluding hydrogens is 279 g/mol. The van der Waals surface area contributed by atoms with Crippen molar-refractivity contribution in [1.29, 1.82) is 0 Å². The van der Waals surface area contributed by atoms with Crippen molar-refractivity contribution >= 4 is 28.4 Å². The number of carbonyl (C=O) groups excluding carboxylic acids is 1. The van der Waals surface area contributed by atoms with E-state index in [1.165, 1.54) is 0 Å². The van der Waals surface area contributed by atoms with Crippen LogP contribution in [0.2, 0.25) is 0 Å². The number of ether oxygens (including phenoxy) is 1. The molecule has 0 aliphatic heterocycles. The molecule has 0 fully saturated rings. The van der Waals surface area contributed by atoms with Gasteiger partial charge in [-0.15, -0.1) is 0 Å². The number of hydrogen-bond donors (Lipinski definition) is 0. The van der Waals surface area contributed by atoms with Crippen LogP contribution in [0.25, 0.3) is 0 Å². The summed E-state index contributed by atoms with van der Waals surface area (Å²) in [5.74, 6) is 0.784. The Kier molecular flexibility index (Phi) is 3.71. The van der Waals surface area contributed by atoms with E-state index in [2.05, 4.69) is 22.6 Å². The van der Waals surface area contributed by atoms with Gasteiger partial charge in [-0.2, -0.15) is 0 Å². The van der Waals surface area contributed by atoms with E-state index >= 15 is 0 Å². The van der Waals surface area contributed by atoms with Crippen molar-refractivity contribution in [3.05, 3.63) is 27.3 Å². The van der Waals surface area contributed by atoms with Gasteiger partial charge in [0.05, 0.1) is 12.7 Å². The van der Waals surface area contributed by atoms with E-state index in [1.54, 1.807) is 7.11 Å². The monoisotopic (exact) mass is 290 g/mol. The zero-order valence-electron chi connectivity index (χ0n) is 7.63. The molecule has 0 amide bonds. The van der Waals surface area contributed by atoms with Crippen molar-refractivity contribution in [2.24, 2.45) is 0 Å². The number of methoxy groups -OCH3 is 1. The summed E-state index contributed by atoms with van der Waals surface area (Å²) < 4.78 is 6.19. The Hall–Kier alpha value is -0.580. The van der Waals surface area contributed by atoms with E-state index in [1.807, 2.05) is 25.1 Å². The van der Waals surface area contributed by atoms with Gasteiger partial charge in [0.2, 0.25) is 0 Å². The molecule has 0 saturated heterocycles. The Labute approximate surface area is 91.4 Å². The van der Waals surface area contributed by atoms with E-state index in [9.17, 15) is 4.79 Å². The number of rotatable bonds is 3. The van der Waals surface area contributed by atoms with Gasteiger partial charge in [-0.05, 0) is 40.8 Å². The summed E-state index contributed by atoms with van der Waals surface area (Å²) >= 11 is 2.19. The quantitative estimate of drug-likeness (QED) is 0.632. The van der Waals surface area contributed by atoms with Crippen molar-refractivity contribution in [3.8, 4) is 5.75 Å². The van der Waals surface area contributed by atoms with Crippen LogP contribution in [0.4, 0.5) is 0 Å². The van der Waals surface area contributed by atoms with Crippen LogP contribution >= 0.6 is 22.6 Å². The van der Waals surface area contributed by atoms with Gasteiger partial charge in [-0.3, -0.25) is 4.79 Å². The van der Waals surface area contributed by atoms with Crippen LogP contribution in [0.3, 0.4) is 0 Å². The summed E-state index contributed by atoms with van der Waals surface area (Å²) in [5.41, 5.74) is 0.672. The van der Waals surface area contributed by atoms with Crippen LogP contribution in [0, 0.1) is 3.57 Å². The second-order valence-electron chi connectivity index (χ2n) is 2.62. The maximum atomic E-state index is 11.4. The molecule has 0 spiro atoms. The van der Waals surface area contributed by atoms with Crippen molar-refractivity contribution < 1.29 is 9.53 Å². The molecule has 0 bridgehead atoms. The highest BCUT2D eigenvalue weighted by Gasteiger charge is 2.09. The maximum absolute atomic E-state index is 11.4. The average molecular weight is 290 g/mol. The molecule has 0 aliphatic rings. The number of ketones is 1. The fraction of sp³-hybridized carbons (Fsp3) is 0.300. The van der Waals surface area contributed by atoms with Crippen molar-refractivity contribution in [2.45, 2.75) is 13.3 Å². The van der Waals surface area contributed by atoms with E-state index in [0.717, 1.165) is 3.57 Å². The van der Waals surface area contributed by atoms with Crippen LogP contribution in [0.1, 0.15) is 23.7 Å². The SMILES string of the molecule is CCC(=O)c1ccc(I)cc1OC. The van der Waals surface area contributed by atoms with Gasteiger partial charge in [0.15, 0.2) is 5.78 Å². The summed E-state index contributed by atoms with van der Waals surface area (Å²) in [5, 5.41) is 0. The standard InChI is InChI=1S/C10H11IO2/c1-3-9(12)8-5-4-7(11)6-10(8)13-2/h4-6H,3H2,1-2H3. The van der Waals surface area contributed by atoms with Gasteiger partial charge in [-0.1, -0.05) is 6.92 Å². The molecule has 13 heavy (non-hydrogen) atoms. The van der Waals surface area contributed by atoms with Crippen LogP contribution in [-0.2, 0) is 0 Å². The lowest BCUT2D eigenvalue weighted by atomic mass is 10.1. The van der Waals surface area contributed by atoms with Gasteiger partial charge in [0.25, 0.3) is 0 Å². The Morgan fingerprint density at radius 1 is 1.54 bits per heavy atom. The van der Waals surface area contributed by atoms with Crippen LogP contribution < -0.4 is 4.74 Å². The fourth-order valence-corrected chi connectivity index (χ4v) is 1.55. The zero-order valence-corrected chi connectivity index (χ0v) is 9.79. The molecule has 0 unspecified atom stereocenters. The fourth-order valence-electron chi connectivity index (χ4n) is 1.09. The molecule has 2 nitrogen and oxygen atoms in total. The zero-order chi connectivity index (χ0) is 9.84. The van der Waals surface area contributed by atoms with Crippen molar-refractivity contribution in [2.75, 3.05) is 7.11 Å². The van der Waals surface area contributed by atoms with Crippen LogP contribution in [0.15, 0.2) is 18.2 Å². The van der Waals surface area contributed by atoms with Crippen LogP contribution in [-0.4, -0.2) is 12.9 Å². The van der Waals surface area contributed by atoms with Gasteiger partial charge in [0, 0.05) is 9.99 Å². The first-order chi connectivity index (χ1) is 6.19. The molecule has 0 aromatic heterocycles. The predicted octanol–water partition coefficient (Wildman–Crippen LogP) is 2.89. The number of Topliss-reactive ketones (excluding diaryl/α,β-unsaturated/α-hetero) is 1. The van der Waals surface area contributed by atoms with Crippen molar-refractivity contribution in [1.82, 2.24) is 0 Å². The minimum Gasteiger partial charge on any atom is -0.496 e. The average Bonchev–Trinajstić information content (AvgIpc) is 2.16. The van der Waals surface area contributed by atoms with E-state index in [4.69, 9.17) is 4.74 Å². The lowest BCUT2D eigenvalue weighted by Crippen LogP contribution is -2.00. The lowest BCUT2D eigenvalue weighted by molar-refractivity contribution is 0.0985. The highest BCUT2D eigenvalue weighted by molar-refractivity contribution is 14.1. The molecule has 1 rings (SSSR count). The number of halogens is 1. The molecule has 0 aliphatic carbocycles. The molecule has 0 heterocycles. The largest absolute Gasteiger partial charge is 0.496 e. The Bertz CT molecular complexity index is 321. The molecule has 0 radical (unpaired) electrons. The van der Waals surface area contributed by atoms with Gasteiger partial charge in [-0.25, -0.2) is 0 Å². The van der Waals surface area contributed by atoms with E-state index < -0.39 is 0 Å². The molecule has 0 N–H and O–H groups in total. The number of benzene rings is 1. The van der Waals surface area contributed by atoms with E-state index in [-0.39, 0.29) is 5.78 Å². The normalized spacial score (nSPS) is 9.77. The maximum Gasteiger partial charge on any atom is 0.166 e. The lowest BCUT2D eigenvalue weighted by Gasteiger charge is -2.06.